The maximum Gasteiger partial charge on any atom is 0.0917 e. The van der Waals surface area contributed by atoms with Crippen molar-refractivity contribution in [2.24, 2.45) is 0 Å². The third-order valence-electron chi connectivity index (χ3n) is 1.79. The lowest BCUT2D eigenvalue weighted by Crippen LogP contribution is -2.29. The molecule has 1 atom stereocenters. The third kappa shape index (κ3) is 1.60. The van der Waals surface area contributed by atoms with Crippen LogP contribution < -0.4 is 5.32 Å². The van der Waals surface area contributed by atoms with Gasteiger partial charge in [0, 0.05) is 18.9 Å². The highest BCUT2D eigenvalue weighted by molar-refractivity contribution is 5.02. The van der Waals surface area contributed by atoms with Gasteiger partial charge in [0.2, 0.25) is 0 Å². The first-order valence-corrected chi connectivity index (χ1v) is 3.97. The van der Waals surface area contributed by atoms with Crippen LogP contribution >= 0.6 is 0 Å². The highest BCUT2D eigenvalue weighted by Crippen LogP contribution is 2.12. The number of aromatic nitrogens is 2. The molecule has 4 heteroatoms. The van der Waals surface area contributed by atoms with E-state index in [1.807, 2.05) is 0 Å². The van der Waals surface area contributed by atoms with Crippen LogP contribution in [0.25, 0.3) is 0 Å². The van der Waals surface area contributed by atoms with Gasteiger partial charge >= 0.3 is 0 Å². The summed E-state index contributed by atoms with van der Waals surface area (Å²) in [6.07, 6.45) is 5.08. The van der Waals surface area contributed by atoms with Crippen LogP contribution in [0.5, 0.6) is 0 Å². The fourth-order valence-corrected chi connectivity index (χ4v) is 1.18. The molecule has 0 saturated carbocycles. The molecule has 1 aliphatic heterocycles. The molecule has 1 saturated heterocycles. The molecule has 0 aromatic carbocycles. The lowest BCUT2D eigenvalue weighted by atomic mass is 10.2. The second-order valence-corrected chi connectivity index (χ2v) is 2.63. The Labute approximate surface area is 71.0 Å². The van der Waals surface area contributed by atoms with Gasteiger partial charge in [0.1, 0.15) is 0 Å². The Hall–Kier alpha value is -1.00. The summed E-state index contributed by atoms with van der Waals surface area (Å²) in [7, 11) is 0. The average Bonchev–Trinajstić information content (AvgIpc) is 2.21. The van der Waals surface area contributed by atoms with E-state index in [-0.39, 0.29) is 6.04 Å². The molecule has 0 bridgehead atoms. The topological polar surface area (TPSA) is 49.1 Å². The lowest BCUT2D eigenvalue weighted by molar-refractivity contribution is 0.0731. The van der Waals surface area contributed by atoms with E-state index in [9.17, 15) is 0 Å². The van der Waals surface area contributed by atoms with Crippen molar-refractivity contribution in [3.63, 3.8) is 0 Å². The van der Waals surface area contributed by atoms with Crippen molar-refractivity contribution in [3.8, 4) is 0 Å². The van der Waals surface area contributed by atoms with Crippen LogP contribution in [-0.2, 0) is 4.74 Å². The SMILES string of the molecule is c1cnc(C2COCC[N]2)cn1. The average molecular weight is 164 g/mol. The van der Waals surface area contributed by atoms with E-state index in [1.165, 1.54) is 0 Å². The fourth-order valence-electron chi connectivity index (χ4n) is 1.18. The van der Waals surface area contributed by atoms with Crippen LogP contribution in [0.4, 0.5) is 0 Å². The van der Waals surface area contributed by atoms with E-state index < -0.39 is 0 Å². The predicted octanol–water partition coefficient (Wildman–Crippen LogP) is 0.152. The summed E-state index contributed by atoms with van der Waals surface area (Å²) in [5, 5.41) is 4.37. The van der Waals surface area contributed by atoms with E-state index in [4.69, 9.17) is 4.74 Å². The van der Waals surface area contributed by atoms with Gasteiger partial charge in [-0.05, 0) is 0 Å². The summed E-state index contributed by atoms with van der Waals surface area (Å²) in [4.78, 5) is 8.15. The molecule has 2 rings (SSSR count). The van der Waals surface area contributed by atoms with Gasteiger partial charge in [0.25, 0.3) is 0 Å². The minimum Gasteiger partial charge on any atom is -0.378 e. The van der Waals surface area contributed by atoms with Crippen LogP contribution in [0.3, 0.4) is 0 Å². The summed E-state index contributed by atoms with van der Waals surface area (Å²) in [5.41, 5.74) is 0.900. The number of rotatable bonds is 1. The summed E-state index contributed by atoms with van der Waals surface area (Å²) >= 11 is 0. The van der Waals surface area contributed by atoms with Crippen molar-refractivity contribution in [3.05, 3.63) is 24.3 Å². The molecular weight excluding hydrogens is 154 g/mol. The molecule has 0 aliphatic carbocycles. The Morgan fingerprint density at radius 2 is 2.42 bits per heavy atom. The zero-order valence-corrected chi connectivity index (χ0v) is 6.68. The maximum absolute atomic E-state index is 5.27. The first-order chi connectivity index (χ1) is 5.97. The number of ether oxygens (including phenoxy) is 1. The summed E-state index contributed by atoms with van der Waals surface area (Å²) < 4.78 is 5.27. The van der Waals surface area contributed by atoms with Crippen molar-refractivity contribution < 1.29 is 4.74 Å². The lowest BCUT2D eigenvalue weighted by Gasteiger charge is -2.20. The van der Waals surface area contributed by atoms with E-state index >= 15 is 0 Å². The van der Waals surface area contributed by atoms with E-state index in [1.54, 1.807) is 18.6 Å². The van der Waals surface area contributed by atoms with Gasteiger partial charge in [0.15, 0.2) is 0 Å². The first-order valence-electron chi connectivity index (χ1n) is 3.97. The molecule has 0 N–H and O–H groups in total. The second-order valence-electron chi connectivity index (χ2n) is 2.63. The van der Waals surface area contributed by atoms with E-state index in [0.29, 0.717) is 6.61 Å². The Balaban J connectivity index is 2.08. The zero-order chi connectivity index (χ0) is 8.23. The van der Waals surface area contributed by atoms with Gasteiger partial charge in [-0.15, -0.1) is 0 Å². The molecule has 1 radical (unpaired) electrons. The van der Waals surface area contributed by atoms with Crippen molar-refractivity contribution >= 4 is 0 Å². The smallest absolute Gasteiger partial charge is 0.0917 e. The standard InChI is InChI=1S/C8H10N3O/c1-2-10-7(5-9-1)8-6-12-4-3-11-8/h1-2,5,8H,3-4,6H2. The summed E-state index contributed by atoms with van der Waals surface area (Å²) in [6.45, 7) is 2.14. The van der Waals surface area contributed by atoms with Crippen molar-refractivity contribution in [1.82, 2.24) is 15.3 Å². The Morgan fingerprint density at radius 1 is 1.42 bits per heavy atom. The molecular formula is C8H10N3O. The zero-order valence-electron chi connectivity index (χ0n) is 6.68. The number of hydrogen-bond acceptors (Lipinski definition) is 3. The van der Waals surface area contributed by atoms with Crippen molar-refractivity contribution in [2.45, 2.75) is 6.04 Å². The van der Waals surface area contributed by atoms with Gasteiger partial charge in [-0.2, -0.15) is 0 Å². The highest BCUT2D eigenvalue weighted by atomic mass is 16.5. The van der Waals surface area contributed by atoms with Crippen LogP contribution in [-0.4, -0.2) is 29.7 Å². The number of hydrogen-bond donors (Lipinski definition) is 0. The molecule has 4 nitrogen and oxygen atoms in total. The quantitative estimate of drug-likeness (QED) is 0.593. The summed E-state index contributed by atoms with van der Waals surface area (Å²) in [6, 6.07) is 0.0902. The molecule has 0 amide bonds. The highest BCUT2D eigenvalue weighted by Gasteiger charge is 2.17. The molecule has 0 spiro atoms. The van der Waals surface area contributed by atoms with Crippen molar-refractivity contribution in [2.75, 3.05) is 19.8 Å². The van der Waals surface area contributed by atoms with Crippen LogP contribution in [0.15, 0.2) is 18.6 Å². The molecule has 1 aromatic rings. The first kappa shape index (κ1) is 7.64. The van der Waals surface area contributed by atoms with E-state index in [2.05, 4.69) is 15.3 Å². The molecule has 1 unspecified atom stereocenters. The molecule has 63 valence electrons. The van der Waals surface area contributed by atoms with E-state index in [0.717, 1.165) is 18.8 Å². The fraction of sp³-hybridized carbons (Fsp3) is 0.500. The molecule has 1 fully saturated rings. The Bertz CT molecular complexity index is 233. The largest absolute Gasteiger partial charge is 0.378 e. The Kier molecular flexibility index (Phi) is 2.29. The maximum atomic E-state index is 5.27. The van der Waals surface area contributed by atoms with Crippen LogP contribution in [0.1, 0.15) is 11.7 Å². The Morgan fingerprint density at radius 3 is 3.08 bits per heavy atom. The molecule has 2 heterocycles. The van der Waals surface area contributed by atoms with Crippen LogP contribution in [0, 0.1) is 0 Å². The van der Waals surface area contributed by atoms with Gasteiger partial charge in [0.05, 0.1) is 31.1 Å². The third-order valence-corrected chi connectivity index (χ3v) is 1.79. The van der Waals surface area contributed by atoms with Crippen molar-refractivity contribution in [1.29, 1.82) is 0 Å². The minimum atomic E-state index is 0.0902. The second kappa shape index (κ2) is 3.60. The van der Waals surface area contributed by atoms with Gasteiger partial charge in [-0.3, -0.25) is 9.97 Å². The number of nitrogens with zero attached hydrogens (tertiary/aromatic N) is 3. The molecule has 1 aromatic heterocycles. The predicted molar refractivity (Wildman–Crippen MR) is 42.6 cm³/mol. The minimum absolute atomic E-state index is 0.0902. The van der Waals surface area contributed by atoms with Gasteiger partial charge < -0.3 is 4.74 Å². The summed E-state index contributed by atoms with van der Waals surface area (Å²) in [5.74, 6) is 0. The number of morpholine rings is 1. The monoisotopic (exact) mass is 164 g/mol. The normalized spacial score (nSPS) is 23.8. The van der Waals surface area contributed by atoms with Gasteiger partial charge in [-0.25, -0.2) is 5.32 Å². The van der Waals surface area contributed by atoms with Gasteiger partial charge in [-0.1, -0.05) is 0 Å². The molecule has 12 heavy (non-hydrogen) atoms. The van der Waals surface area contributed by atoms with Crippen LogP contribution in [0.2, 0.25) is 0 Å². The molecule has 1 aliphatic rings.